The van der Waals surface area contributed by atoms with E-state index in [2.05, 4.69) is 4.90 Å². The SMILES string of the molecule is CC(C(=O)N1CCCC1)N1CCN(c2ccccc2[N+](=O)[O-])CC1. The summed E-state index contributed by atoms with van der Waals surface area (Å²) in [4.78, 5) is 29.6. The molecule has 24 heavy (non-hydrogen) atoms. The van der Waals surface area contributed by atoms with Crippen LogP contribution < -0.4 is 4.90 Å². The van der Waals surface area contributed by atoms with E-state index in [4.69, 9.17) is 0 Å². The molecule has 0 radical (unpaired) electrons. The largest absolute Gasteiger partial charge is 0.363 e. The first-order chi connectivity index (χ1) is 11.6. The number of likely N-dealkylation sites (tertiary alicyclic amines) is 1. The van der Waals surface area contributed by atoms with Crippen LogP contribution in [0.2, 0.25) is 0 Å². The Balaban J connectivity index is 1.61. The molecule has 1 aromatic carbocycles. The molecule has 7 heteroatoms. The second-order valence-corrected chi connectivity index (χ2v) is 6.48. The number of nitro groups is 1. The summed E-state index contributed by atoms with van der Waals surface area (Å²) < 4.78 is 0. The molecule has 3 rings (SSSR count). The normalized spacial score (nSPS) is 20.2. The summed E-state index contributed by atoms with van der Waals surface area (Å²) >= 11 is 0. The average Bonchev–Trinajstić information content (AvgIpc) is 3.15. The molecule has 0 aromatic heterocycles. The van der Waals surface area contributed by atoms with Crippen molar-refractivity contribution >= 4 is 17.3 Å². The smallest absolute Gasteiger partial charge is 0.292 e. The van der Waals surface area contributed by atoms with Gasteiger partial charge in [-0.1, -0.05) is 12.1 Å². The molecule has 2 aliphatic rings. The number of carbonyl (C=O) groups excluding carboxylic acids is 1. The molecule has 1 unspecified atom stereocenters. The lowest BCUT2D eigenvalue weighted by atomic mass is 10.1. The summed E-state index contributed by atoms with van der Waals surface area (Å²) in [5.41, 5.74) is 0.813. The molecule has 0 spiro atoms. The van der Waals surface area contributed by atoms with Gasteiger partial charge in [-0.3, -0.25) is 19.8 Å². The number of para-hydroxylation sites is 2. The lowest BCUT2D eigenvalue weighted by Gasteiger charge is -2.39. The van der Waals surface area contributed by atoms with Crippen molar-refractivity contribution in [3.63, 3.8) is 0 Å². The van der Waals surface area contributed by atoms with Crippen LogP contribution in [0, 0.1) is 10.1 Å². The van der Waals surface area contributed by atoms with E-state index in [-0.39, 0.29) is 22.6 Å². The summed E-state index contributed by atoms with van der Waals surface area (Å²) in [6.45, 7) is 6.60. The maximum atomic E-state index is 12.5. The average molecular weight is 332 g/mol. The van der Waals surface area contributed by atoms with E-state index in [1.807, 2.05) is 22.8 Å². The minimum Gasteiger partial charge on any atom is -0.363 e. The van der Waals surface area contributed by atoms with Crippen molar-refractivity contribution in [1.29, 1.82) is 0 Å². The van der Waals surface area contributed by atoms with Crippen LogP contribution in [0.15, 0.2) is 24.3 Å². The molecule has 0 N–H and O–H groups in total. The predicted octanol–water partition coefficient (Wildman–Crippen LogP) is 1.73. The number of piperazine rings is 1. The molecule has 2 saturated heterocycles. The molecule has 0 aliphatic carbocycles. The van der Waals surface area contributed by atoms with E-state index in [1.54, 1.807) is 18.2 Å². The predicted molar refractivity (Wildman–Crippen MR) is 92.2 cm³/mol. The highest BCUT2D eigenvalue weighted by atomic mass is 16.6. The molecule has 1 amide bonds. The highest BCUT2D eigenvalue weighted by Gasteiger charge is 2.31. The zero-order valence-electron chi connectivity index (χ0n) is 14.1. The third-order valence-corrected chi connectivity index (χ3v) is 5.06. The van der Waals surface area contributed by atoms with E-state index >= 15 is 0 Å². The lowest BCUT2D eigenvalue weighted by Crippen LogP contribution is -2.54. The highest BCUT2D eigenvalue weighted by Crippen LogP contribution is 2.28. The Morgan fingerprint density at radius 3 is 2.33 bits per heavy atom. The van der Waals surface area contributed by atoms with Crippen LogP contribution in [0.5, 0.6) is 0 Å². The van der Waals surface area contributed by atoms with Gasteiger partial charge >= 0.3 is 0 Å². The number of rotatable bonds is 4. The van der Waals surface area contributed by atoms with Crippen LogP contribution in [0.1, 0.15) is 19.8 Å². The monoisotopic (exact) mass is 332 g/mol. The lowest BCUT2D eigenvalue weighted by molar-refractivity contribution is -0.384. The molecule has 1 atom stereocenters. The van der Waals surface area contributed by atoms with Gasteiger partial charge in [-0.2, -0.15) is 0 Å². The molecule has 2 fully saturated rings. The van der Waals surface area contributed by atoms with Crippen molar-refractivity contribution in [2.45, 2.75) is 25.8 Å². The Labute approximate surface area is 142 Å². The van der Waals surface area contributed by atoms with E-state index < -0.39 is 0 Å². The molecule has 2 heterocycles. The van der Waals surface area contributed by atoms with E-state index in [1.165, 1.54) is 0 Å². The quantitative estimate of drug-likeness (QED) is 0.620. The standard InChI is InChI=1S/C17H24N4O3/c1-14(17(22)20-8-4-5-9-20)18-10-12-19(13-11-18)15-6-2-3-7-16(15)21(23)24/h2-3,6-7,14H,4-5,8-13H2,1H3. The Hall–Kier alpha value is -2.15. The van der Waals surface area contributed by atoms with Crippen molar-refractivity contribution in [2.24, 2.45) is 0 Å². The summed E-state index contributed by atoms with van der Waals surface area (Å²) in [6.07, 6.45) is 2.20. The van der Waals surface area contributed by atoms with Crippen molar-refractivity contribution < 1.29 is 9.72 Å². The Bertz CT molecular complexity index is 608. The van der Waals surface area contributed by atoms with Crippen LogP contribution in [0.3, 0.4) is 0 Å². The maximum Gasteiger partial charge on any atom is 0.292 e. The minimum absolute atomic E-state index is 0.115. The van der Waals surface area contributed by atoms with E-state index in [0.29, 0.717) is 18.8 Å². The number of hydrogen-bond acceptors (Lipinski definition) is 5. The van der Waals surface area contributed by atoms with Gasteiger partial charge in [0.1, 0.15) is 5.69 Å². The number of carbonyl (C=O) groups is 1. The first-order valence-corrected chi connectivity index (χ1v) is 8.59. The zero-order valence-corrected chi connectivity index (χ0v) is 14.1. The third kappa shape index (κ3) is 3.36. The van der Waals surface area contributed by atoms with Crippen molar-refractivity contribution in [3.05, 3.63) is 34.4 Å². The second-order valence-electron chi connectivity index (χ2n) is 6.48. The fourth-order valence-electron chi connectivity index (χ4n) is 3.59. The highest BCUT2D eigenvalue weighted by molar-refractivity contribution is 5.81. The van der Waals surface area contributed by atoms with Gasteiger partial charge in [0.15, 0.2) is 0 Å². The van der Waals surface area contributed by atoms with E-state index in [9.17, 15) is 14.9 Å². The number of nitrogens with zero attached hydrogens (tertiary/aromatic N) is 4. The first kappa shape index (κ1) is 16.7. The Kier molecular flexibility index (Phi) is 4.99. The van der Waals surface area contributed by atoms with Crippen LogP contribution in [-0.2, 0) is 4.79 Å². The van der Waals surface area contributed by atoms with E-state index in [0.717, 1.165) is 39.0 Å². The van der Waals surface area contributed by atoms with Crippen molar-refractivity contribution in [2.75, 3.05) is 44.2 Å². The fourth-order valence-corrected chi connectivity index (χ4v) is 3.59. The van der Waals surface area contributed by atoms with Crippen LogP contribution >= 0.6 is 0 Å². The first-order valence-electron chi connectivity index (χ1n) is 8.59. The zero-order chi connectivity index (χ0) is 17.1. The topological polar surface area (TPSA) is 69.9 Å². The molecular formula is C17H24N4O3. The molecule has 130 valence electrons. The molecule has 1 aromatic rings. The van der Waals surface area contributed by atoms with Crippen LogP contribution in [0.25, 0.3) is 0 Å². The molecular weight excluding hydrogens is 308 g/mol. The van der Waals surface area contributed by atoms with Gasteiger partial charge in [-0.15, -0.1) is 0 Å². The second kappa shape index (κ2) is 7.17. The van der Waals surface area contributed by atoms with Gasteiger partial charge in [0.05, 0.1) is 11.0 Å². The van der Waals surface area contributed by atoms with Gasteiger partial charge in [0.25, 0.3) is 5.69 Å². The van der Waals surface area contributed by atoms with Gasteiger partial charge in [-0.05, 0) is 25.8 Å². The number of benzene rings is 1. The minimum atomic E-state index is -0.332. The van der Waals surface area contributed by atoms with Crippen LogP contribution in [-0.4, -0.2) is 65.9 Å². The summed E-state index contributed by atoms with van der Waals surface area (Å²) in [5, 5.41) is 11.2. The Morgan fingerprint density at radius 1 is 1.08 bits per heavy atom. The molecule has 0 bridgehead atoms. The van der Waals surface area contributed by atoms with Crippen molar-refractivity contribution in [1.82, 2.24) is 9.80 Å². The summed E-state index contributed by atoms with van der Waals surface area (Å²) in [7, 11) is 0. The van der Waals surface area contributed by atoms with Crippen LogP contribution in [0.4, 0.5) is 11.4 Å². The molecule has 0 saturated carbocycles. The van der Waals surface area contributed by atoms with Gasteiger partial charge in [0.2, 0.25) is 5.91 Å². The number of anilines is 1. The summed E-state index contributed by atoms with van der Waals surface area (Å²) in [6, 6.07) is 6.74. The number of amides is 1. The molecule has 2 aliphatic heterocycles. The van der Waals surface area contributed by atoms with Gasteiger partial charge in [0, 0.05) is 45.3 Å². The summed E-state index contributed by atoms with van der Waals surface area (Å²) in [5.74, 6) is 0.214. The fraction of sp³-hybridized carbons (Fsp3) is 0.588. The van der Waals surface area contributed by atoms with Gasteiger partial charge in [-0.25, -0.2) is 0 Å². The maximum absolute atomic E-state index is 12.5. The van der Waals surface area contributed by atoms with Crippen molar-refractivity contribution in [3.8, 4) is 0 Å². The Morgan fingerprint density at radius 2 is 1.71 bits per heavy atom. The number of nitro benzene ring substituents is 1. The third-order valence-electron chi connectivity index (χ3n) is 5.06. The number of hydrogen-bond donors (Lipinski definition) is 0. The molecule has 7 nitrogen and oxygen atoms in total. The van der Waals surface area contributed by atoms with Gasteiger partial charge < -0.3 is 9.80 Å².